The van der Waals surface area contributed by atoms with Gasteiger partial charge >= 0.3 is 0 Å². The molecule has 18 heavy (non-hydrogen) atoms. The average molecular weight is 243 g/mol. The first-order chi connectivity index (χ1) is 8.66. The van der Waals surface area contributed by atoms with Gasteiger partial charge in [-0.15, -0.1) is 0 Å². The summed E-state index contributed by atoms with van der Waals surface area (Å²) < 4.78 is 0. The normalized spacial score (nSPS) is 13.1. The number of hydrogen-bond donors (Lipinski definition) is 1. The molecule has 0 radical (unpaired) electrons. The fourth-order valence-electron chi connectivity index (χ4n) is 1.80. The molecular formula is C15H21N3. The van der Waals surface area contributed by atoms with Crippen molar-refractivity contribution in [3.8, 4) is 0 Å². The highest BCUT2D eigenvalue weighted by Gasteiger charge is 2.03. The van der Waals surface area contributed by atoms with Crippen LogP contribution in [-0.2, 0) is 6.54 Å². The van der Waals surface area contributed by atoms with Crippen molar-refractivity contribution in [2.24, 2.45) is 0 Å². The van der Waals surface area contributed by atoms with Crippen LogP contribution >= 0.6 is 0 Å². The fourth-order valence-corrected chi connectivity index (χ4v) is 1.80. The lowest BCUT2D eigenvalue weighted by atomic mass is 10.2. The molecule has 96 valence electrons. The molecule has 0 aliphatic heterocycles. The van der Waals surface area contributed by atoms with Gasteiger partial charge in [-0.05, 0) is 33.2 Å². The summed E-state index contributed by atoms with van der Waals surface area (Å²) in [6, 6.07) is 13.0. The Labute approximate surface area is 109 Å². The highest BCUT2D eigenvalue weighted by molar-refractivity contribution is 5.78. The second-order valence-electron chi connectivity index (χ2n) is 4.94. The molecule has 0 spiro atoms. The molecule has 3 heteroatoms. The van der Waals surface area contributed by atoms with E-state index in [1.165, 1.54) is 5.39 Å². The zero-order chi connectivity index (χ0) is 13.0. The Morgan fingerprint density at radius 2 is 1.94 bits per heavy atom. The van der Waals surface area contributed by atoms with Crippen LogP contribution in [0.25, 0.3) is 10.9 Å². The molecule has 2 rings (SSSR count). The first-order valence-corrected chi connectivity index (χ1v) is 6.38. The summed E-state index contributed by atoms with van der Waals surface area (Å²) in [5, 5.41) is 4.64. The van der Waals surface area contributed by atoms with Gasteiger partial charge in [0.2, 0.25) is 0 Å². The highest BCUT2D eigenvalue weighted by Crippen LogP contribution is 2.11. The smallest absolute Gasteiger partial charge is 0.0705 e. The molecule has 1 unspecified atom stereocenters. The summed E-state index contributed by atoms with van der Waals surface area (Å²) in [5.41, 5.74) is 2.16. The van der Waals surface area contributed by atoms with E-state index in [1.807, 2.05) is 12.1 Å². The van der Waals surface area contributed by atoms with Gasteiger partial charge in [0.15, 0.2) is 0 Å². The van der Waals surface area contributed by atoms with Crippen LogP contribution in [0.4, 0.5) is 0 Å². The number of benzene rings is 1. The fraction of sp³-hybridized carbons (Fsp3) is 0.400. The third kappa shape index (κ3) is 3.28. The summed E-state index contributed by atoms with van der Waals surface area (Å²) >= 11 is 0. The van der Waals surface area contributed by atoms with E-state index in [4.69, 9.17) is 0 Å². The van der Waals surface area contributed by atoms with E-state index in [-0.39, 0.29) is 0 Å². The van der Waals surface area contributed by atoms with Crippen LogP contribution in [0.2, 0.25) is 0 Å². The van der Waals surface area contributed by atoms with Crippen molar-refractivity contribution in [2.45, 2.75) is 19.5 Å². The highest BCUT2D eigenvalue weighted by atomic mass is 15.1. The minimum absolute atomic E-state index is 0.533. The lowest BCUT2D eigenvalue weighted by Gasteiger charge is -2.19. The SMILES string of the molecule is CC(CNCc1ccc2ccccc2n1)N(C)C. The first-order valence-electron chi connectivity index (χ1n) is 6.38. The van der Waals surface area contributed by atoms with Crippen molar-refractivity contribution in [1.82, 2.24) is 15.2 Å². The maximum atomic E-state index is 4.64. The van der Waals surface area contributed by atoms with Crippen molar-refractivity contribution in [3.63, 3.8) is 0 Å². The van der Waals surface area contributed by atoms with E-state index in [2.05, 4.69) is 60.5 Å². The van der Waals surface area contributed by atoms with Crippen molar-refractivity contribution in [2.75, 3.05) is 20.6 Å². The molecule has 0 aliphatic rings. The molecule has 1 atom stereocenters. The summed E-state index contributed by atoms with van der Waals surface area (Å²) in [6.45, 7) is 4.01. The number of aromatic nitrogens is 1. The molecule has 0 amide bonds. The Morgan fingerprint density at radius 1 is 1.17 bits per heavy atom. The van der Waals surface area contributed by atoms with Gasteiger partial charge in [0.25, 0.3) is 0 Å². The Morgan fingerprint density at radius 3 is 2.72 bits per heavy atom. The lowest BCUT2D eigenvalue weighted by Crippen LogP contribution is -2.35. The van der Waals surface area contributed by atoms with Crippen LogP contribution in [0.1, 0.15) is 12.6 Å². The van der Waals surface area contributed by atoms with Crippen LogP contribution in [0, 0.1) is 0 Å². The van der Waals surface area contributed by atoms with E-state index in [1.54, 1.807) is 0 Å². The molecule has 0 saturated carbocycles. The Bertz CT molecular complexity index is 508. The molecule has 0 bridgehead atoms. The van der Waals surface area contributed by atoms with Gasteiger partial charge in [-0.1, -0.05) is 24.3 Å². The van der Waals surface area contributed by atoms with Gasteiger partial charge in [-0.25, -0.2) is 0 Å². The quantitative estimate of drug-likeness (QED) is 0.873. The number of fused-ring (bicyclic) bond motifs is 1. The number of para-hydroxylation sites is 1. The van der Waals surface area contributed by atoms with Gasteiger partial charge in [0, 0.05) is 24.5 Å². The number of hydrogen-bond acceptors (Lipinski definition) is 3. The Balaban J connectivity index is 1.96. The standard InChI is InChI=1S/C15H21N3/c1-12(18(2)3)10-16-11-14-9-8-13-6-4-5-7-15(13)17-14/h4-9,12,16H,10-11H2,1-3H3. The summed E-state index contributed by atoms with van der Waals surface area (Å²) in [4.78, 5) is 6.85. The van der Waals surface area contributed by atoms with Crippen LogP contribution in [-0.4, -0.2) is 36.6 Å². The molecule has 0 fully saturated rings. The van der Waals surface area contributed by atoms with Crippen molar-refractivity contribution in [1.29, 1.82) is 0 Å². The minimum atomic E-state index is 0.533. The third-order valence-electron chi connectivity index (χ3n) is 3.28. The molecule has 1 N–H and O–H groups in total. The van der Waals surface area contributed by atoms with Gasteiger partial charge in [0.1, 0.15) is 0 Å². The van der Waals surface area contributed by atoms with Crippen LogP contribution in [0.3, 0.4) is 0 Å². The number of nitrogens with zero attached hydrogens (tertiary/aromatic N) is 2. The van der Waals surface area contributed by atoms with Crippen molar-refractivity contribution < 1.29 is 0 Å². The molecule has 0 aliphatic carbocycles. The van der Waals surface area contributed by atoms with Crippen molar-refractivity contribution >= 4 is 10.9 Å². The summed E-state index contributed by atoms with van der Waals surface area (Å²) in [6.07, 6.45) is 0. The third-order valence-corrected chi connectivity index (χ3v) is 3.28. The van der Waals surface area contributed by atoms with Gasteiger partial charge in [-0.3, -0.25) is 4.98 Å². The molecule has 3 nitrogen and oxygen atoms in total. The van der Waals surface area contributed by atoms with Crippen LogP contribution < -0.4 is 5.32 Å². The number of pyridine rings is 1. The van der Waals surface area contributed by atoms with E-state index in [0.717, 1.165) is 24.3 Å². The van der Waals surface area contributed by atoms with Crippen LogP contribution in [0.5, 0.6) is 0 Å². The lowest BCUT2D eigenvalue weighted by molar-refractivity contribution is 0.302. The topological polar surface area (TPSA) is 28.2 Å². The maximum Gasteiger partial charge on any atom is 0.0705 e. The minimum Gasteiger partial charge on any atom is -0.310 e. The Kier molecular flexibility index (Phi) is 4.28. The number of nitrogens with one attached hydrogen (secondary N) is 1. The molecule has 1 aromatic carbocycles. The molecule has 0 saturated heterocycles. The van der Waals surface area contributed by atoms with Crippen molar-refractivity contribution in [3.05, 3.63) is 42.1 Å². The predicted molar refractivity (Wildman–Crippen MR) is 76.6 cm³/mol. The second kappa shape index (κ2) is 5.94. The second-order valence-corrected chi connectivity index (χ2v) is 4.94. The predicted octanol–water partition coefficient (Wildman–Crippen LogP) is 2.27. The molecular weight excluding hydrogens is 222 g/mol. The van der Waals surface area contributed by atoms with E-state index < -0.39 is 0 Å². The molecule has 2 aromatic rings. The first kappa shape index (κ1) is 13.0. The summed E-state index contributed by atoms with van der Waals surface area (Å²) in [7, 11) is 4.20. The molecule has 1 aromatic heterocycles. The maximum absolute atomic E-state index is 4.64. The van der Waals surface area contributed by atoms with E-state index >= 15 is 0 Å². The monoisotopic (exact) mass is 243 g/mol. The Hall–Kier alpha value is -1.45. The zero-order valence-electron chi connectivity index (χ0n) is 11.4. The van der Waals surface area contributed by atoms with Crippen LogP contribution in [0.15, 0.2) is 36.4 Å². The largest absolute Gasteiger partial charge is 0.310 e. The number of rotatable bonds is 5. The van der Waals surface area contributed by atoms with E-state index in [9.17, 15) is 0 Å². The zero-order valence-corrected chi connectivity index (χ0v) is 11.4. The van der Waals surface area contributed by atoms with Gasteiger partial charge in [-0.2, -0.15) is 0 Å². The molecule has 1 heterocycles. The average Bonchev–Trinajstić information content (AvgIpc) is 2.38. The van der Waals surface area contributed by atoms with Gasteiger partial charge < -0.3 is 10.2 Å². The van der Waals surface area contributed by atoms with Gasteiger partial charge in [0.05, 0.1) is 11.2 Å². The van der Waals surface area contributed by atoms with E-state index in [0.29, 0.717) is 6.04 Å². The number of likely N-dealkylation sites (N-methyl/N-ethyl adjacent to an activating group) is 1. The summed E-state index contributed by atoms with van der Waals surface area (Å²) in [5.74, 6) is 0.